The van der Waals surface area contributed by atoms with Crippen LogP contribution in [-0.2, 0) is 0 Å². The molecule has 18 heavy (non-hydrogen) atoms. The summed E-state index contributed by atoms with van der Waals surface area (Å²) in [5, 5.41) is 1.69. The molecule has 2 heterocycles. The van der Waals surface area contributed by atoms with Crippen molar-refractivity contribution in [1.29, 1.82) is 0 Å². The number of rotatable bonds is 1. The maximum absolute atomic E-state index is 6.07. The number of aryl methyl sites for hydroxylation is 1. The predicted octanol–water partition coefficient (Wildman–Crippen LogP) is 4.94. The second-order valence-electron chi connectivity index (χ2n) is 3.40. The fourth-order valence-electron chi connectivity index (χ4n) is 1.64. The summed E-state index contributed by atoms with van der Waals surface area (Å²) in [6, 6.07) is 3.77. The molecule has 0 bridgehead atoms. The summed E-state index contributed by atoms with van der Waals surface area (Å²) in [4.78, 5) is 8.39. The third-order valence-corrected chi connectivity index (χ3v) is 3.40. The van der Waals surface area contributed by atoms with E-state index in [4.69, 9.17) is 16.0 Å². The van der Waals surface area contributed by atoms with E-state index in [0.717, 1.165) is 20.8 Å². The lowest BCUT2D eigenvalue weighted by Crippen LogP contribution is -1.79. The van der Waals surface area contributed by atoms with Crippen molar-refractivity contribution in [3.63, 3.8) is 0 Å². The molecule has 0 aliphatic heterocycles. The number of nitrogens with zero attached hydrogens (tertiary/aromatic N) is 2. The largest absolute Gasteiger partial charge is 0.443 e. The summed E-state index contributed by atoms with van der Waals surface area (Å²) in [6.07, 6.45) is 3.07. The van der Waals surface area contributed by atoms with E-state index in [-0.39, 0.29) is 0 Å². The minimum Gasteiger partial charge on any atom is -0.443 e. The maximum Gasteiger partial charge on any atom is 0.181 e. The van der Waals surface area contributed by atoms with E-state index in [1.165, 1.54) is 6.39 Å². The van der Waals surface area contributed by atoms with E-state index in [0.29, 0.717) is 10.8 Å². The molecule has 5 heteroatoms. The Hall–Kier alpha value is -1.39. The summed E-state index contributed by atoms with van der Waals surface area (Å²) in [5.41, 5.74) is 1.81. The number of halogens is 1. The van der Waals surface area contributed by atoms with Gasteiger partial charge in [-0.1, -0.05) is 25.4 Å². The van der Waals surface area contributed by atoms with Crippen molar-refractivity contribution in [2.45, 2.75) is 20.8 Å². The van der Waals surface area contributed by atoms with Crippen molar-refractivity contribution in [1.82, 2.24) is 9.97 Å². The average molecular weight is 281 g/mol. The lowest BCUT2D eigenvalue weighted by Gasteiger charge is -1.98. The standard InChI is InChI=1S/C11H7ClN2OS.C2H6/c1-6-14-11-8(9-4-13-5-15-9)2-7(12)3-10(11)16-6;1-2/h2-5H,1H3;1-2H3. The fourth-order valence-corrected chi connectivity index (χ4v) is 2.82. The third-order valence-electron chi connectivity index (χ3n) is 2.26. The van der Waals surface area contributed by atoms with Crippen LogP contribution in [0.2, 0.25) is 5.02 Å². The summed E-state index contributed by atoms with van der Waals surface area (Å²) in [6.45, 7) is 5.97. The van der Waals surface area contributed by atoms with Gasteiger partial charge in [0.2, 0.25) is 0 Å². The minimum atomic E-state index is 0.683. The maximum atomic E-state index is 6.07. The van der Waals surface area contributed by atoms with E-state index >= 15 is 0 Å². The first-order valence-electron chi connectivity index (χ1n) is 5.69. The van der Waals surface area contributed by atoms with Crippen molar-refractivity contribution in [2.75, 3.05) is 0 Å². The summed E-state index contributed by atoms with van der Waals surface area (Å²) >= 11 is 7.69. The Kier molecular flexibility index (Phi) is 3.99. The molecule has 0 aliphatic rings. The van der Waals surface area contributed by atoms with Gasteiger partial charge in [-0.05, 0) is 19.1 Å². The average Bonchev–Trinajstić information content (AvgIpc) is 2.98. The van der Waals surface area contributed by atoms with Crippen LogP contribution in [0.1, 0.15) is 18.9 Å². The molecule has 94 valence electrons. The molecule has 3 nitrogen and oxygen atoms in total. The highest BCUT2D eigenvalue weighted by molar-refractivity contribution is 7.18. The first-order chi connectivity index (χ1) is 8.74. The van der Waals surface area contributed by atoms with Gasteiger partial charge in [-0.2, -0.15) is 0 Å². The van der Waals surface area contributed by atoms with E-state index in [1.807, 2.05) is 32.9 Å². The zero-order chi connectivity index (χ0) is 13.1. The van der Waals surface area contributed by atoms with Gasteiger partial charge < -0.3 is 4.42 Å². The van der Waals surface area contributed by atoms with Gasteiger partial charge in [0.15, 0.2) is 12.2 Å². The Morgan fingerprint density at radius 2 is 2.06 bits per heavy atom. The second-order valence-corrected chi connectivity index (χ2v) is 5.07. The van der Waals surface area contributed by atoms with Gasteiger partial charge in [-0.3, -0.25) is 0 Å². The first kappa shape index (κ1) is 13.1. The smallest absolute Gasteiger partial charge is 0.181 e. The monoisotopic (exact) mass is 280 g/mol. The normalized spacial score (nSPS) is 10.2. The van der Waals surface area contributed by atoms with Gasteiger partial charge in [-0.25, -0.2) is 9.97 Å². The Morgan fingerprint density at radius 1 is 1.28 bits per heavy atom. The van der Waals surface area contributed by atoms with E-state index in [1.54, 1.807) is 17.5 Å². The van der Waals surface area contributed by atoms with Crippen molar-refractivity contribution in [3.05, 3.63) is 34.8 Å². The molecule has 0 atom stereocenters. The van der Waals surface area contributed by atoms with Crippen LogP contribution in [0.25, 0.3) is 21.5 Å². The number of thiazole rings is 1. The molecule has 0 fully saturated rings. The molecule has 0 aliphatic carbocycles. The third kappa shape index (κ3) is 2.40. The van der Waals surface area contributed by atoms with Crippen LogP contribution >= 0.6 is 22.9 Å². The molecular formula is C13H13ClN2OS. The molecule has 0 amide bonds. The number of aromatic nitrogens is 2. The summed E-state index contributed by atoms with van der Waals surface area (Å²) < 4.78 is 6.35. The molecule has 0 saturated heterocycles. The van der Waals surface area contributed by atoms with Crippen LogP contribution in [0.15, 0.2) is 29.1 Å². The zero-order valence-electron chi connectivity index (χ0n) is 10.4. The molecule has 0 saturated carbocycles. The van der Waals surface area contributed by atoms with Gasteiger partial charge in [0, 0.05) is 10.6 Å². The van der Waals surface area contributed by atoms with Crippen LogP contribution in [0.4, 0.5) is 0 Å². The quantitative estimate of drug-likeness (QED) is 0.634. The molecular weight excluding hydrogens is 268 g/mol. The molecule has 0 N–H and O–H groups in total. The van der Waals surface area contributed by atoms with Crippen molar-refractivity contribution >= 4 is 33.2 Å². The molecule has 0 spiro atoms. The highest BCUT2D eigenvalue weighted by atomic mass is 35.5. The zero-order valence-corrected chi connectivity index (χ0v) is 12.0. The Morgan fingerprint density at radius 3 is 2.72 bits per heavy atom. The number of hydrogen-bond acceptors (Lipinski definition) is 4. The van der Waals surface area contributed by atoms with Crippen LogP contribution in [0.5, 0.6) is 0 Å². The van der Waals surface area contributed by atoms with E-state index < -0.39 is 0 Å². The molecule has 0 radical (unpaired) electrons. The number of benzene rings is 1. The Bertz CT molecular complexity index is 646. The van der Waals surface area contributed by atoms with Crippen LogP contribution in [0, 0.1) is 6.92 Å². The van der Waals surface area contributed by atoms with Gasteiger partial charge >= 0.3 is 0 Å². The minimum absolute atomic E-state index is 0.683. The topological polar surface area (TPSA) is 38.9 Å². The predicted molar refractivity (Wildman–Crippen MR) is 76.2 cm³/mol. The number of hydrogen-bond donors (Lipinski definition) is 0. The summed E-state index contributed by atoms with van der Waals surface area (Å²) in [5.74, 6) is 0.692. The van der Waals surface area contributed by atoms with E-state index in [9.17, 15) is 0 Å². The van der Waals surface area contributed by atoms with Crippen LogP contribution < -0.4 is 0 Å². The Balaban J connectivity index is 0.000000574. The summed E-state index contributed by atoms with van der Waals surface area (Å²) in [7, 11) is 0. The molecule has 2 aromatic heterocycles. The van der Waals surface area contributed by atoms with Crippen molar-refractivity contribution in [2.24, 2.45) is 0 Å². The van der Waals surface area contributed by atoms with Gasteiger partial charge in [0.1, 0.15) is 0 Å². The van der Waals surface area contributed by atoms with Crippen molar-refractivity contribution < 1.29 is 4.42 Å². The molecule has 1 aromatic carbocycles. The Labute approximate surface area is 114 Å². The first-order valence-corrected chi connectivity index (χ1v) is 6.89. The van der Waals surface area contributed by atoms with Crippen LogP contribution in [0.3, 0.4) is 0 Å². The van der Waals surface area contributed by atoms with Gasteiger partial charge in [0.25, 0.3) is 0 Å². The van der Waals surface area contributed by atoms with Gasteiger partial charge in [0.05, 0.1) is 21.4 Å². The second kappa shape index (κ2) is 5.50. The molecule has 0 unspecified atom stereocenters. The number of fused-ring (bicyclic) bond motifs is 1. The van der Waals surface area contributed by atoms with Crippen LogP contribution in [-0.4, -0.2) is 9.97 Å². The lowest BCUT2D eigenvalue weighted by atomic mass is 10.1. The SMILES string of the molecule is CC.Cc1nc2c(-c3cnco3)cc(Cl)cc2s1. The lowest BCUT2D eigenvalue weighted by molar-refractivity contribution is 0.572. The van der Waals surface area contributed by atoms with Gasteiger partial charge in [-0.15, -0.1) is 11.3 Å². The highest BCUT2D eigenvalue weighted by Crippen LogP contribution is 2.34. The molecule has 3 rings (SSSR count). The van der Waals surface area contributed by atoms with E-state index in [2.05, 4.69) is 9.97 Å². The fraction of sp³-hybridized carbons (Fsp3) is 0.231. The highest BCUT2D eigenvalue weighted by Gasteiger charge is 2.12. The molecule has 3 aromatic rings. The number of oxazole rings is 1. The van der Waals surface area contributed by atoms with Crippen molar-refractivity contribution in [3.8, 4) is 11.3 Å².